The predicted octanol–water partition coefficient (Wildman–Crippen LogP) is -0.654. The largest absolute Gasteiger partial charge is 0.480 e. The molecule has 8 nitrogen and oxygen atoms in total. The Morgan fingerprint density at radius 1 is 1.29 bits per heavy atom. The summed E-state index contributed by atoms with van der Waals surface area (Å²) in [6.07, 6.45) is 2.01. The first kappa shape index (κ1) is 17.2. The number of carbonyl (C=O) groups excluding carboxylic acids is 2. The smallest absolute Gasteiger partial charge is 0.326 e. The second-order valence-electron chi connectivity index (χ2n) is 5.53. The molecule has 21 heavy (non-hydrogen) atoms. The lowest BCUT2D eigenvalue weighted by Crippen LogP contribution is -2.48. The number of rotatable bonds is 8. The summed E-state index contributed by atoms with van der Waals surface area (Å²) in [5.74, 6) is -1.78. The summed E-state index contributed by atoms with van der Waals surface area (Å²) in [4.78, 5) is 35.6. The Labute approximate surface area is 124 Å². The molecule has 0 saturated carbocycles. The molecule has 0 spiro atoms. The van der Waals surface area contributed by atoms with E-state index in [1.165, 1.54) is 12.8 Å². The number of carboxylic acid groups (broad SMARTS) is 1. The van der Waals surface area contributed by atoms with E-state index in [9.17, 15) is 14.4 Å². The molecule has 1 saturated heterocycles. The molecule has 0 radical (unpaired) electrons. The molecule has 0 bridgehead atoms. The molecule has 1 heterocycles. The normalized spacial score (nSPS) is 18.0. The molecule has 0 aromatic heterocycles. The number of nitrogens with zero attached hydrogens (tertiary/aromatic N) is 1. The summed E-state index contributed by atoms with van der Waals surface area (Å²) in [6.45, 7) is 5.57. The zero-order valence-corrected chi connectivity index (χ0v) is 12.3. The molecule has 8 heteroatoms. The Hall–Kier alpha value is -1.83. The number of aliphatic carboxylic acids is 1. The van der Waals surface area contributed by atoms with Crippen LogP contribution in [0.4, 0.5) is 4.79 Å². The van der Waals surface area contributed by atoms with Crippen molar-refractivity contribution in [3.8, 4) is 0 Å². The number of primary amides is 1. The van der Waals surface area contributed by atoms with Gasteiger partial charge in [0.1, 0.15) is 6.04 Å². The lowest BCUT2D eigenvalue weighted by molar-refractivity contribution is -0.140. The molecule has 1 aliphatic heterocycles. The van der Waals surface area contributed by atoms with Crippen molar-refractivity contribution in [3.63, 3.8) is 0 Å². The van der Waals surface area contributed by atoms with Gasteiger partial charge in [0.05, 0.1) is 6.42 Å². The summed E-state index contributed by atoms with van der Waals surface area (Å²) in [6, 6.07) is -1.90. The van der Waals surface area contributed by atoms with Gasteiger partial charge >= 0.3 is 12.0 Å². The Bertz CT molecular complexity index is 382. The van der Waals surface area contributed by atoms with Gasteiger partial charge in [-0.05, 0) is 31.8 Å². The van der Waals surface area contributed by atoms with Gasteiger partial charge in [0.2, 0.25) is 5.91 Å². The maximum atomic E-state index is 11.6. The fourth-order valence-electron chi connectivity index (χ4n) is 2.35. The average molecular weight is 300 g/mol. The quantitative estimate of drug-likeness (QED) is 0.474. The molecule has 5 N–H and O–H groups in total. The zero-order chi connectivity index (χ0) is 15.8. The van der Waals surface area contributed by atoms with Crippen LogP contribution in [0, 0.1) is 5.92 Å². The van der Waals surface area contributed by atoms with E-state index in [0.29, 0.717) is 6.54 Å². The summed E-state index contributed by atoms with van der Waals surface area (Å²) in [7, 11) is 0. The maximum absolute atomic E-state index is 11.6. The molecular formula is C13H24N4O4. The van der Waals surface area contributed by atoms with Gasteiger partial charge in [-0.15, -0.1) is 0 Å². The Morgan fingerprint density at radius 3 is 2.43 bits per heavy atom. The first-order chi connectivity index (χ1) is 9.88. The lowest BCUT2D eigenvalue weighted by atomic mass is 10.1. The van der Waals surface area contributed by atoms with Gasteiger partial charge < -0.3 is 26.4 Å². The number of amides is 3. The van der Waals surface area contributed by atoms with Gasteiger partial charge in [-0.3, -0.25) is 4.79 Å². The van der Waals surface area contributed by atoms with E-state index in [0.717, 1.165) is 19.6 Å². The van der Waals surface area contributed by atoms with E-state index >= 15 is 0 Å². The number of hydrogen-bond donors (Lipinski definition) is 4. The maximum Gasteiger partial charge on any atom is 0.326 e. The topological polar surface area (TPSA) is 125 Å². The number of urea groups is 1. The van der Waals surface area contributed by atoms with Gasteiger partial charge in [-0.1, -0.05) is 6.92 Å². The summed E-state index contributed by atoms with van der Waals surface area (Å²) in [5.41, 5.74) is 4.94. The molecular weight excluding hydrogens is 276 g/mol. The summed E-state index contributed by atoms with van der Waals surface area (Å²) >= 11 is 0. The van der Waals surface area contributed by atoms with Crippen LogP contribution in [0.3, 0.4) is 0 Å². The van der Waals surface area contributed by atoms with Gasteiger partial charge in [0.15, 0.2) is 0 Å². The number of nitrogens with two attached hydrogens (primary N) is 1. The van der Waals surface area contributed by atoms with Crippen LogP contribution in [0.2, 0.25) is 0 Å². The van der Waals surface area contributed by atoms with Crippen molar-refractivity contribution >= 4 is 17.9 Å². The van der Waals surface area contributed by atoms with Gasteiger partial charge in [0.25, 0.3) is 0 Å². The average Bonchev–Trinajstić information content (AvgIpc) is 2.87. The van der Waals surface area contributed by atoms with Crippen LogP contribution in [0.15, 0.2) is 0 Å². The highest BCUT2D eigenvalue weighted by Crippen LogP contribution is 2.09. The highest BCUT2D eigenvalue weighted by molar-refractivity contribution is 5.87. The Balaban J connectivity index is 2.27. The molecule has 3 amide bonds. The fourth-order valence-corrected chi connectivity index (χ4v) is 2.35. The zero-order valence-electron chi connectivity index (χ0n) is 12.3. The van der Waals surface area contributed by atoms with Crippen molar-refractivity contribution in [2.24, 2.45) is 11.7 Å². The molecule has 1 aliphatic rings. The van der Waals surface area contributed by atoms with Crippen molar-refractivity contribution < 1.29 is 19.5 Å². The second kappa shape index (κ2) is 8.46. The van der Waals surface area contributed by atoms with E-state index in [2.05, 4.69) is 15.5 Å². The molecule has 0 aromatic rings. The third kappa shape index (κ3) is 6.94. The number of nitrogens with one attached hydrogen (secondary N) is 2. The van der Waals surface area contributed by atoms with Crippen LogP contribution in [0.25, 0.3) is 0 Å². The van der Waals surface area contributed by atoms with Crippen LogP contribution >= 0.6 is 0 Å². The minimum Gasteiger partial charge on any atom is -0.480 e. The van der Waals surface area contributed by atoms with Gasteiger partial charge in [0, 0.05) is 13.1 Å². The van der Waals surface area contributed by atoms with Crippen LogP contribution in [-0.4, -0.2) is 60.1 Å². The van der Waals surface area contributed by atoms with E-state index in [4.69, 9.17) is 10.8 Å². The van der Waals surface area contributed by atoms with E-state index < -0.39 is 30.4 Å². The fraction of sp³-hybridized carbons (Fsp3) is 0.769. The first-order valence-corrected chi connectivity index (χ1v) is 7.16. The Morgan fingerprint density at radius 2 is 1.90 bits per heavy atom. The van der Waals surface area contributed by atoms with Crippen LogP contribution in [0.5, 0.6) is 0 Å². The van der Waals surface area contributed by atoms with E-state index in [1.54, 1.807) is 0 Å². The summed E-state index contributed by atoms with van der Waals surface area (Å²) < 4.78 is 0. The predicted molar refractivity (Wildman–Crippen MR) is 76.6 cm³/mol. The number of carboxylic acids is 1. The van der Waals surface area contributed by atoms with Crippen LogP contribution in [0.1, 0.15) is 26.2 Å². The summed E-state index contributed by atoms with van der Waals surface area (Å²) in [5, 5.41) is 13.7. The SMILES string of the molecule is CC(CNC(=O)N[C@H](CC(N)=O)C(=O)O)CN1CCCC1. The van der Waals surface area contributed by atoms with E-state index in [1.807, 2.05) is 6.92 Å². The van der Waals surface area contributed by atoms with Gasteiger partial charge in [-0.2, -0.15) is 0 Å². The molecule has 1 unspecified atom stereocenters. The minimum absolute atomic E-state index is 0.272. The van der Waals surface area contributed by atoms with E-state index in [-0.39, 0.29) is 5.92 Å². The van der Waals surface area contributed by atoms with Crippen molar-refractivity contribution in [3.05, 3.63) is 0 Å². The standard InChI is InChI=1S/C13H24N4O4/c1-9(8-17-4-2-3-5-17)7-15-13(21)16-10(12(19)20)6-11(14)18/h9-10H,2-8H2,1H3,(H2,14,18)(H,19,20)(H2,15,16,21)/t9?,10-/m1/s1. The molecule has 1 rings (SSSR count). The van der Waals surface area contributed by atoms with Crippen molar-refractivity contribution in [1.29, 1.82) is 0 Å². The molecule has 2 atom stereocenters. The second-order valence-corrected chi connectivity index (χ2v) is 5.53. The highest BCUT2D eigenvalue weighted by Gasteiger charge is 2.22. The van der Waals surface area contributed by atoms with Crippen molar-refractivity contribution in [2.45, 2.75) is 32.2 Å². The molecule has 120 valence electrons. The number of likely N-dealkylation sites (tertiary alicyclic amines) is 1. The highest BCUT2D eigenvalue weighted by atomic mass is 16.4. The van der Waals surface area contributed by atoms with Crippen LogP contribution < -0.4 is 16.4 Å². The third-order valence-electron chi connectivity index (χ3n) is 3.39. The molecule has 1 fully saturated rings. The molecule has 0 aliphatic carbocycles. The lowest BCUT2D eigenvalue weighted by Gasteiger charge is -2.21. The molecule has 0 aromatic carbocycles. The van der Waals surface area contributed by atoms with Crippen molar-refractivity contribution in [1.82, 2.24) is 15.5 Å². The van der Waals surface area contributed by atoms with Crippen molar-refractivity contribution in [2.75, 3.05) is 26.2 Å². The van der Waals surface area contributed by atoms with Crippen LogP contribution in [-0.2, 0) is 9.59 Å². The minimum atomic E-state index is -1.30. The third-order valence-corrected chi connectivity index (χ3v) is 3.39. The monoisotopic (exact) mass is 300 g/mol. The number of carbonyl (C=O) groups is 3. The van der Waals surface area contributed by atoms with Gasteiger partial charge in [-0.25, -0.2) is 9.59 Å². The first-order valence-electron chi connectivity index (χ1n) is 7.16. The number of hydrogen-bond acceptors (Lipinski definition) is 4. The Kier molecular flexibility index (Phi) is 6.93.